The number of hydrogen-bond donors (Lipinski definition) is 2. The summed E-state index contributed by atoms with van der Waals surface area (Å²) < 4.78 is 11.6. The summed E-state index contributed by atoms with van der Waals surface area (Å²) in [5, 5.41) is 21.6. The third-order valence-corrected chi connectivity index (χ3v) is 6.38. The van der Waals surface area contributed by atoms with Gasteiger partial charge in [-0.05, 0) is 56.9 Å². The normalized spacial score (nSPS) is 46.0. The molecule has 3 heterocycles. The molecule has 3 rings (SSSR count). The van der Waals surface area contributed by atoms with E-state index >= 15 is 0 Å². The summed E-state index contributed by atoms with van der Waals surface area (Å²) in [6.45, 7) is 11.9. The lowest BCUT2D eigenvalue weighted by molar-refractivity contribution is -0.147. The number of fused-ring (bicyclic) bond motifs is 3. The summed E-state index contributed by atoms with van der Waals surface area (Å²) in [5.74, 6) is -0.863. The van der Waals surface area contributed by atoms with Gasteiger partial charge in [-0.25, -0.2) is 4.79 Å². The maximum Gasteiger partial charge on any atom is 0.334 e. The Morgan fingerprint density at radius 1 is 1.24 bits per heavy atom. The summed E-state index contributed by atoms with van der Waals surface area (Å²) in [6, 6.07) is 0. The first kappa shape index (κ1) is 18.6. The number of rotatable bonds is 0. The first-order chi connectivity index (χ1) is 11.7. The van der Waals surface area contributed by atoms with Crippen molar-refractivity contribution in [3.05, 3.63) is 24.3 Å². The second kappa shape index (κ2) is 6.86. The zero-order valence-corrected chi connectivity index (χ0v) is 15.2. The Bertz CT molecular complexity index is 570. The van der Waals surface area contributed by atoms with E-state index in [-0.39, 0.29) is 17.9 Å². The third kappa shape index (κ3) is 3.42. The predicted octanol–water partition coefficient (Wildman–Crippen LogP) is 2.51. The second-order valence-electron chi connectivity index (χ2n) is 8.23. The van der Waals surface area contributed by atoms with Crippen molar-refractivity contribution in [1.82, 2.24) is 0 Å². The Morgan fingerprint density at radius 2 is 1.96 bits per heavy atom. The molecule has 3 aliphatic heterocycles. The Balaban J connectivity index is 1.88. The standard InChI is InChI=1S/C20H30O5/c1-11-6-5-7-12(2)17(22)18-14(13(3)19(23)24-18)10-16(21)20(4)9-8-15(11)25-20/h12,14-18,21-22H,1,3,5-10H2,2,4H3/t12-,14-,15+,16+,17+,18+,20?/m0/s1. The van der Waals surface area contributed by atoms with Crippen LogP contribution in [0.4, 0.5) is 0 Å². The van der Waals surface area contributed by atoms with Gasteiger partial charge in [0.15, 0.2) is 0 Å². The molecule has 2 N–H and O–H groups in total. The third-order valence-electron chi connectivity index (χ3n) is 6.38. The highest BCUT2D eigenvalue weighted by Gasteiger charge is 2.49. The van der Waals surface area contributed by atoms with E-state index in [9.17, 15) is 15.0 Å². The van der Waals surface area contributed by atoms with Crippen LogP contribution in [-0.4, -0.2) is 46.2 Å². The molecule has 0 saturated carbocycles. The van der Waals surface area contributed by atoms with Crippen molar-refractivity contribution in [1.29, 1.82) is 0 Å². The Morgan fingerprint density at radius 3 is 2.68 bits per heavy atom. The zero-order chi connectivity index (χ0) is 18.4. The van der Waals surface area contributed by atoms with Crippen molar-refractivity contribution in [2.24, 2.45) is 11.8 Å². The first-order valence-corrected chi connectivity index (χ1v) is 9.34. The van der Waals surface area contributed by atoms with Crippen LogP contribution in [0, 0.1) is 11.8 Å². The number of esters is 1. The van der Waals surface area contributed by atoms with Gasteiger partial charge in [0, 0.05) is 11.5 Å². The van der Waals surface area contributed by atoms with Crippen LogP contribution in [0.1, 0.15) is 52.4 Å². The second-order valence-corrected chi connectivity index (χ2v) is 8.23. The molecule has 0 aliphatic carbocycles. The molecule has 25 heavy (non-hydrogen) atoms. The van der Waals surface area contributed by atoms with Gasteiger partial charge in [-0.2, -0.15) is 0 Å². The van der Waals surface area contributed by atoms with Crippen molar-refractivity contribution >= 4 is 5.97 Å². The molecule has 5 heteroatoms. The van der Waals surface area contributed by atoms with Gasteiger partial charge >= 0.3 is 5.97 Å². The molecule has 7 atom stereocenters. The number of carbonyl (C=O) groups excluding carboxylic acids is 1. The number of ether oxygens (including phenoxy) is 2. The predicted molar refractivity (Wildman–Crippen MR) is 93.8 cm³/mol. The van der Waals surface area contributed by atoms with Crippen molar-refractivity contribution in [2.45, 2.75) is 82.4 Å². The minimum atomic E-state index is -0.764. The molecule has 0 spiro atoms. The lowest BCUT2D eigenvalue weighted by Gasteiger charge is -2.34. The van der Waals surface area contributed by atoms with Crippen molar-refractivity contribution in [3.63, 3.8) is 0 Å². The molecule has 0 aromatic carbocycles. The smallest absolute Gasteiger partial charge is 0.334 e. The maximum atomic E-state index is 12.0. The van der Waals surface area contributed by atoms with E-state index in [1.54, 1.807) is 0 Å². The monoisotopic (exact) mass is 350 g/mol. The van der Waals surface area contributed by atoms with Crippen LogP contribution in [0.15, 0.2) is 24.3 Å². The molecular weight excluding hydrogens is 320 g/mol. The van der Waals surface area contributed by atoms with Crippen LogP contribution in [0.3, 0.4) is 0 Å². The molecule has 140 valence electrons. The number of hydrogen-bond acceptors (Lipinski definition) is 5. The van der Waals surface area contributed by atoms with Crippen molar-refractivity contribution in [2.75, 3.05) is 0 Å². The van der Waals surface area contributed by atoms with Crippen molar-refractivity contribution < 1.29 is 24.5 Å². The fourth-order valence-corrected chi connectivity index (χ4v) is 4.40. The fraction of sp³-hybridized carbons (Fsp3) is 0.750. The molecule has 1 unspecified atom stereocenters. The van der Waals surface area contributed by atoms with Crippen LogP contribution < -0.4 is 0 Å². The van der Waals surface area contributed by atoms with Crippen LogP contribution in [0.25, 0.3) is 0 Å². The van der Waals surface area contributed by atoms with E-state index in [0.717, 1.165) is 37.7 Å². The Labute approximate surface area is 149 Å². The summed E-state index contributed by atoms with van der Waals surface area (Å²) in [6.07, 6.45) is 2.28. The van der Waals surface area contributed by atoms with Gasteiger partial charge in [-0.15, -0.1) is 0 Å². The minimum Gasteiger partial charge on any atom is -0.456 e. The van der Waals surface area contributed by atoms with E-state index in [0.29, 0.717) is 12.0 Å². The number of carbonyl (C=O) groups is 1. The Hall–Kier alpha value is -1.17. The average molecular weight is 350 g/mol. The maximum absolute atomic E-state index is 12.0. The van der Waals surface area contributed by atoms with Crippen LogP contribution in [0.5, 0.6) is 0 Å². The zero-order valence-electron chi connectivity index (χ0n) is 15.2. The molecule has 0 radical (unpaired) electrons. The highest BCUT2D eigenvalue weighted by molar-refractivity contribution is 5.90. The summed E-state index contributed by atoms with van der Waals surface area (Å²) >= 11 is 0. The number of aliphatic hydroxyl groups is 2. The summed E-state index contributed by atoms with van der Waals surface area (Å²) in [7, 11) is 0. The van der Waals surface area contributed by atoms with Gasteiger partial charge in [0.25, 0.3) is 0 Å². The van der Waals surface area contributed by atoms with E-state index in [1.807, 2.05) is 13.8 Å². The fourth-order valence-electron chi connectivity index (χ4n) is 4.40. The first-order valence-electron chi connectivity index (χ1n) is 9.34. The molecule has 0 aromatic heterocycles. The Kier molecular flexibility index (Phi) is 5.11. The van der Waals surface area contributed by atoms with Gasteiger partial charge in [-0.3, -0.25) is 0 Å². The SMILES string of the molecule is C=C1CCC[C@H](C)[C@@H](O)[C@@H]2OC(=O)C(=C)[C@@H]2C[C@@H](O)C2(C)CC[C@H]1O2. The lowest BCUT2D eigenvalue weighted by Crippen LogP contribution is -2.44. The highest BCUT2D eigenvalue weighted by atomic mass is 16.6. The topological polar surface area (TPSA) is 76.0 Å². The molecule has 2 bridgehead atoms. The molecule has 0 amide bonds. The summed E-state index contributed by atoms with van der Waals surface area (Å²) in [5.41, 5.74) is 0.731. The van der Waals surface area contributed by atoms with Gasteiger partial charge in [0.2, 0.25) is 0 Å². The van der Waals surface area contributed by atoms with Gasteiger partial charge in [-0.1, -0.05) is 20.1 Å². The van der Waals surface area contributed by atoms with Crippen LogP contribution >= 0.6 is 0 Å². The van der Waals surface area contributed by atoms with Gasteiger partial charge in [0.1, 0.15) is 6.10 Å². The average Bonchev–Trinajstić information content (AvgIpc) is 3.10. The summed E-state index contributed by atoms with van der Waals surface area (Å²) in [4.78, 5) is 12.0. The molecule has 0 aromatic rings. The molecule has 3 fully saturated rings. The lowest BCUT2D eigenvalue weighted by atomic mass is 9.80. The van der Waals surface area contributed by atoms with Gasteiger partial charge < -0.3 is 19.7 Å². The molecule has 5 nitrogen and oxygen atoms in total. The highest BCUT2D eigenvalue weighted by Crippen LogP contribution is 2.42. The van der Waals surface area contributed by atoms with E-state index in [4.69, 9.17) is 9.47 Å². The molecular formula is C20H30O5. The van der Waals surface area contributed by atoms with Gasteiger partial charge in [0.05, 0.1) is 23.9 Å². The minimum absolute atomic E-state index is 0.00871. The molecule has 3 aliphatic rings. The van der Waals surface area contributed by atoms with E-state index in [1.165, 1.54) is 0 Å². The van der Waals surface area contributed by atoms with E-state index in [2.05, 4.69) is 13.2 Å². The number of aliphatic hydroxyl groups excluding tert-OH is 2. The quantitative estimate of drug-likeness (QED) is 0.399. The van der Waals surface area contributed by atoms with E-state index < -0.39 is 29.9 Å². The van der Waals surface area contributed by atoms with Crippen molar-refractivity contribution in [3.8, 4) is 0 Å². The largest absolute Gasteiger partial charge is 0.456 e. The van der Waals surface area contributed by atoms with Crippen LogP contribution in [0.2, 0.25) is 0 Å². The molecule has 3 saturated heterocycles. The van der Waals surface area contributed by atoms with Crippen LogP contribution in [-0.2, 0) is 14.3 Å².